The lowest BCUT2D eigenvalue weighted by atomic mass is 10.3. The van der Waals surface area contributed by atoms with Gasteiger partial charge < -0.3 is 19.8 Å². The molecule has 0 saturated carbocycles. The molecule has 0 aromatic carbocycles. The lowest BCUT2D eigenvalue weighted by Crippen LogP contribution is -2.39. The molecule has 0 bridgehead atoms. The van der Waals surface area contributed by atoms with E-state index in [0.29, 0.717) is 6.54 Å². The quantitative estimate of drug-likeness (QED) is 0.648. The Hall–Kier alpha value is -1.23. The standard InChI is InChI=1S/C13H25N3O2/c1-3-16(4-2)13(18)11-15-9-8-14(12-15)7-5-6-10-17/h8-9,17H,3-7,10-12H2,1-2H3. The second kappa shape index (κ2) is 7.97. The van der Waals surface area contributed by atoms with Gasteiger partial charge in [0, 0.05) is 38.6 Å². The van der Waals surface area contributed by atoms with Gasteiger partial charge in [0.2, 0.25) is 5.91 Å². The van der Waals surface area contributed by atoms with E-state index in [1.807, 2.05) is 36.0 Å². The molecule has 0 aromatic rings. The van der Waals surface area contributed by atoms with E-state index in [9.17, 15) is 4.79 Å². The van der Waals surface area contributed by atoms with Crippen LogP contribution < -0.4 is 0 Å². The van der Waals surface area contributed by atoms with Crippen molar-refractivity contribution in [3.8, 4) is 0 Å². The molecule has 5 heteroatoms. The van der Waals surface area contributed by atoms with Crippen LogP contribution in [0.3, 0.4) is 0 Å². The van der Waals surface area contributed by atoms with Gasteiger partial charge in [-0.05, 0) is 26.7 Å². The first kappa shape index (κ1) is 14.8. The Morgan fingerprint density at radius 3 is 2.50 bits per heavy atom. The first-order valence-corrected chi connectivity index (χ1v) is 6.76. The summed E-state index contributed by atoms with van der Waals surface area (Å²) in [4.78, 5) is 18.0. The average Bonchev–Trinajstić information content (AvgIpc) is 2.79. The fourth-order valence-electron chi connectivity index (χ4n) is 2.04. The SMILES string of the molecule is CCN(CC)C(=O)CN1C=CN(CCCCO)C1. The van der Waals surface area contributed by atoms with Crippen LogP contribution in [0, 0.1) is 0 Å². The van der Waals surface area contributed by atoms with Crippen LogP contribution in [-0.2, 0) is 4.79 Å². The molecule has 1 heterocycles. The molecule has 0 aliphatic carbocycles. The Morgan fingerprint density at radius 2 is 1.89 bits per heavy atom. The highest BCUT2D eigenvalue weighted by Crippen LogP contribution is 2.08. The fraction of sp³-hybridized carbons (Fsp3) is 0.769. The number of carbonyl (C=O) groups is 1. The molecule has 1 N–H and O–H groups in total. The van der Waals surface area contributed by atoms with Gasteiger partial charge in [-0.1, -0.05) is 0 Å². The number of hydrogen-bond acceptors (Lipinski definition) is 4. The molecular weight excluding hydrogens is 230 g/mol. The van der Waals surface area contributed by atoms with Crippen LogP contribution in [0.1, 0.15) is 26.7 Å². The fourth-order valence-corrected chi connectivity index (χ4v) is 2.04. The van der Waals surface area contributed by atoms with Crippen molar-refractivity contribution in [2.75, 3.05) is 39.5 Å². The van der Waals surface area contributed by atoms with Crippen LogP contribution in [0.2, 0.25) is 0 Å². The summed E-state index contributed by atoms with van der Waals surface area (Å²) in [5.41, 5.74) is 0. The van der Waals surface area contributed by atoms with Crippen molar-refractivity contribution in [1.29, 1.82) is 0 Å². The summed E-state index contributed by atoms with van der Waals surface area (Å²) in [5.74, 6) is 0.182. The third kappa shape index (κ3) is 4.56. The van der Waals surface area contributed by atoms with Gasteiger partial charge in [-0.3, -0.25) is 4.79 Å². The largest absolute Gasteiger partial charge is 0.396 e. The Balaban J connectivity index is 2.26. The van der Waals surface area contributed by atoms with Crippen LogP contribution in [-0.4, -0.2) is 65.2 Å². The zero-order valence-electron chi connectivity index (χ0n) is 11.5. The van der Waals surface area contributed by atoms with E-state index in [-0.39, 0.29) is 12.5 Å². The number of likely N-dealkylation sites (N-methyl/N-ethyl adjacent to an activating group) is 1. The molecule has 0 aromatic heterocycles. The second-order valence-electron chi connectivity index (χ2n) is 4.50. The van der Waals surface area contributed by atoms with Crippen molar-refractivity contribution in [1.82, 2.24) is 14.7 Å². The first-order chi connectivity index (χ1) is 8.71. The summed E-state index contributed by atoms with van der Waals surface area (Å²) in [5, 5.41) is 8.73. The summed E-state index contributed by atoms with van der Waals surface area (Å²) < 4.78 is 0. The molecule has 0 saturated heterocycles. The molecule has 5 nitrogen and oxygen atoms in total. The molecule has 104 valence electrons. The van der Waals surface area contributed by atoms with Crippen LogP contribution in [0.5, 0.6) is 0 Å². The van der Waals surface area contributed by atoms with Crippen molar-refractivity contribution < 1.29 is 9.90 Å². The highest BCUT2D eigenvalue weighted by atomic mass is 16.2. The zero-order valence-corrected chi connectivity index (χ0v) is 11.5. The molecule has 1 aliphatic heterocycles. The van der Waals surface area contributed by atoms with Gasteiger partial charge in [-0.2, -0.15) is 0 Å². The number of rotatable bonds is 8. The van der Waals surface area contributed by atoms with E-state index in [1.165, 1.54) is 0 Å². The molecule has 0 spiro atoms. The molecule has 1 rings (SSSR count). The maximum atomic E-state index is 11.9. The molecule has 0 atom stereocenters. The lowest BCUT2D eigenvalue weighted by Gasteiger charge is -2.24. The molecule has 0 unspecified atom stereocenters. The third-order valence-electron chi connectivity index (χ3n) is 3.16. The molecule has 0 fully saturated rings. The minimum Gasteiger partial charge on any atom is -0.396 e. The minimum absolute atomic E-state index is 0.182. The summed E-state index contributed by atoms with van der Waals surface area (Å²) >= 11 is 0. The minimum atomic E-state index is 0.182. The van der Waals surface area contributed by atoms with E-state index in [2.05, 4.69) is 4.90 Å². The Labute approximate surface area is 110 Å². The third-order valence-corrected chi connectivity index (χ3v) is 3.16. The highest BCUT2D eigenvalue weighted by Gasteiger charge is 2.17. The van der Waals surface area contributed by atoms with Gasteiger partial charge in [0.15, 0.2) is 0 Å². The number of nitrogens with zero attached hydrogens (tertiary/aromatic N) is 3. The maximum absolute atomic E-state index is 11.9. The van der Waals surface area contributed by atoms with Crippen molar-refractivity contribution >= 4 is 5.91 Å². The van der Waals surface area contributed by atoms with Gasteiger partial charge >= 0.3 is 0 Å². The van der Waals surface area contributed by atoms with Crippen LogP contribution >= 0.6 is 0 Å². The van der Waals surface area contributed by atoms with Crippen LogP contribution in [0.4, 0.5) is 0 Å². The average molecular weight is 255 g/mol. The first-order valence-electron chi connectivity index (χ1n) is 6.76. The van der Waals surface area contributed by atoms with Crippen molar-refractivity contribution in [3.63, 3.8) is 0 Å². The van der Waals surface area contributed by atoms with Gasteiger partial charge in [0.25, 0.3) is 0 Å². The van der Waals surface area contributed by atoms with Crippen molar-refractivity contribution in [2.24, 2.45) is 0 Å². The van der Waals surface area contributed by atoms with Crippen molar-refractivity contribution in [2.45, 2.75) is 26.7 Å². The Bertz CT molecular complexity index is 277. The summed E-state index contributed by atoms with van der Waals surface area (Å²) in [7, 11) is 0. The smallest absolute Gasteiger partial charge is 0.242 e. The Kier molecular flexibility index (Phi) is 6.57. The predicted molar refractivity (Wildman–Crippen MR) is 71.7 cm³/mol. The van der Waals surface area contributed by atoms with Crippen LogP contribution in [0.15, 0.2) is 12.4 Å². The van der Waals surface area contributed by atoms with Crippen molar-refractivity contribution in [3.05, 3.63) is 12.4 Å². The topological polar surface area (TPSA) is 47.0 Å². The predicted octanol–water partition coefficient (Wildman–Crippen LogP) is 0.674. The number of amides is 1. The summed E-state index contributed by atoms with van der Waals surface area (Å²) in [6.45, 7) is 7.97. The zero-order chi connectivity index (χ0) is 13.4. The number of aliphatic hydroxyl groups excluding tert-OH is 1. The van der Waals surface area contributed by atoms with Gasteiger partial charge in [0.1, 0.15) is 0 Å². The molecule has 1 amide bonds. The number of aliphatic hydroxyl groups is 1. The van der Waals surface area contributed by atoms with Gasteiger partial charge in [-0.25, -0.2) is 0 Å². The van der Waals surface area contributed by atoms with E-state index < -0.39 is 0 Å². The van der Waals surface area contributed by atoms with E-state index in [4.69, 9.17) is 5.11 Å². The summed E-state index contributed by atoms with van der Waals surface area (Å²) in [6, 6.07) is 0. The maximum Gasteiger partial charge on any atom is 0.242 e. The number of hydrogen-bond donors (Lipinski definition) is 1. The lowest BCUT2D eigenvalue weighted by molar-refractivity contribution is -0.131. The Morgan fingerprint density at radius 1 is 1.22 bits per heavy atom. The van der Waals surface area contributed by atoms with E-state index in [1.54, 1.807) is 0 Å². The monoisotopic (exact) mass is 255 g/mol. The van der Waals surface area contributed by atoms with Gasteiger partial charge in [-0.15, -0.1) is 0 Å². The summed E-state index contributed by atoms with van der Waals surface area (Å²) in [6.07, 6.45) is 5.81. The van der Waals surface area contributed by atoms with E-state index in [0.717, 1.165) is 39.1 Å². The number of unbranched alkanes of at least 4 members (excludes halogenated alkanes) is 1. The van der Waals surface area contributed by atoms with Crippen LogP contribution in [0.25, 0.3) is 0 Å². The highest BCUT2D eigenvalue weighted by molar-refractivity contribution is 5.78. The molecule has 1 aliphatic rings. The molecular formula is C13H25N3O2. The number of carbonyl (C=O) groups excluding carboxylic acids is 1. The molecule has 18 heavy (non-hydrogen) atoms. The normalized spacial score (nSPS) is 14.4. The second-order valence-corrected chi connectivity index (χ2v) is 4.50. The molecule has 0 radical (unpaired) electrons. The van der Waals surface area contributed by atoms with Gasteiger partial charge in [0.05, 0.1) is 13.2 Å². The van der Waals surface area contributed by atoms with E-state index >= 15 is 0 Å².